The van der Waals surface area contributed by atoms with Crippen molar-refractivity contribution in [2.24, 2.45) is 0 Å². The summed E-state index contributed by atoms with van der Waals surface area (Å²) in [6.07, 6.45) is 0.327. The highest BCUT2D eigenvalue weighted by Crippen LogP contribution is 2.26. The van der Waals surface area contributed by atoms with E-state index in [4.69, 9.17) is 4.74 Å². The molecule has 1 aromatic carbocycles. The topological polar surface area (TPSA) is 66.8 Å². The van der Waals surface area contributed by atoms with E-state index in [1.165, 1.54) is 16.4 Å². The van der Waals surface area contributed by atoms with Crippen LogP contribution in [-0.2, 0) is 21.2 Å². The number of hydrogen-bond donors (Lipinski definition) is 1. The van der Waals surface area contributed by atoms with E-state index in [0.717, 1.165) is 5.56 Å². The minimum absolute atomic E-state index is 0.0986. The zero-order valence-corrected chi connectivity index (χ0v) is 13.6. The molecule has 0 bridgehead atoms. The van der Waals surface area contributed by atoms with E-state index in [0.29, 0.717) is 6.42 Å². The summed E-state index contributed by atoms with van der Waals surface area (Å²) in [5.41, 5.74) is -0.197. The molecule has 0 unspecified atom stereocenters. The van der Waals surface area contributed by atoms with E-state index >= 15 is 0 Å². The molecule has 0 saturated carbocycles. The van der Waals surface area contributed by atoms with Crippen LogP contribution in [0.25, 0.3) is 0 Å². The number of ether oxygens (including phenoxy) is 1. The van der Waals surface area contributed by atoms with Gasteiger partial charge in [-0.05, 0) is 31.5 Å². The molecular formula is C15H22FNO4S. The Morgan fingerprint density at radius 2 is 2.00 bits per heavy atom. The van der Waals surface area contributed by atoms with Crippen molar-refractivity contribution in [3.8, 4) is 0 Å². The molecule has 0 aliphatic carbocycles. The fraction of sp³-hybridized carbons (Fsp3) is 0.600. The predicted molar refractivity (Wildman–Crippen MR) is 81.5 cm³/mol. The summed E-state index contributed by atoms with van der Waals surface area (Å²) in [6, 6.07) is 5.91. The molecule has 0 aromatic heterocycles. The van der Waals surface area contributed by atoms with Gasteiger partial charge in [0.2, 0.25) is 10.0 Å². The number of hydrogen-bond acceptors (Lipinski definition) is 4. The Bertz CT molecular complexity index is 602. The number of benzene rings is 1. The van der Waals surface area contributed by atoms with Crippen LogP contribution in [-0.4, -0.2) is 55.0 Å². The Hall–Kier alpha value is -1.02. The van der Waals surface area contributed by atoms with Crippen molar-refractivity contribution in [2.45, 2.75) is 31.1 Å². The number of nitrogens with zero attached hydrogens (tertiary/aromatic N) is 1. The fourth-order valence-electron chi connectivity index (χ4n) is 2.56. The van der Waals surface area contributed by atoms with E-state index < -0.39 is 20.9 Å². The average molecular weight is 331 g/mol. The van der Waals surface area contributed by atoms with Gasteiger partial charge in [0.05, 0.1) is 18.5 Å². The van der Waals surface area contributed by atoms with Crippen molar-refractivity contribution in [1.82, 2.24) is 4.31 Å². The summed E-state index contributed by atoms with van der Waals surface area (Å²) in [5, 5.41) is 9.24. The smallest absolute Gasteiger partial charge is 0.216 e. The molecule has 5 nitrogen and oxygen atoms in total. The Morgan fingerprint density at radius 1 is 1.36 bits per heavy atom. The number of aliphatic hydroxyl groups is 1. The second-order valence-corrected chi connectivity index (χ2v) is 8.41. The molecule has 124 valence electrons. The number of aliphatic hydroxyl groups excluding tert-OH is 1. The Morgan fingerprint density at radius 3 is 2.55 bits per heavy atom. The van der Waals surface area contributed by atoms with Crippen LogP contribution >= 0.6 is 0 Å². The van der Waals surface area contributed by atoms with E-state index in [1.54, 1.807) is 26.0 Å². The third-order valence-corrected chi connectivity index (χ3v) is 6.12. The molecule has 0 amide bonds. The van der Waals surface area contributed by atoms with Crippen molar-refractivity contribution in [2.75, 3.05) is 26.3 Å². The maximum atomic E-state index is 13.0. The van der Waals surface area contributed by atoms with Crippen molar-refractivity contribution in [3.63, 3.8) is 0 Å². The first-order chi connectivity index (χ1) is 10.3. The van der Waals surface area contributed by atoms with Gasteiger partial charge in [0.25, 0.3) is 0 Å². The minimum Gasteiger partial charge on any atom is -0.393 e. The van der Waals surface area contributed by atoms with Gasteiger partial charge in [-0.2, -0.15) is 4.31 Å². The van der Waals surface area contributed by atoms with Crippen LogP contribution in [0.2, 0.25) is 0 Å². The Labute approximate surface area is 130 Å². The molecule has 0 radical (unpaired) electrons. The Kier molecular flexibility index (Phi) is 5.21. The van der Waals surface area contributed by atoms with Gasteiger partial charge in [-0.1, -0.05) is 12.1 Å². The van der Waals surface area contributed by atoms with Gasteiger partial charge in [0.1, 0.15) is 11.4 Å². The molecule has 2 rings (SSSR count). The molecule has 1 N–H and O–H groups in total. The first-order valence-electron chi connectivity index (χ1n) is 7.27. The number of rotatable bonds is 5. The number of sulfonamides is 1. The van der Waals surface area contributed by atoms with Crippen LogP contribution in [0.3, 0.4) is 0 Å². The van der Waals surface area contributed by atoms with E-state index in [-0.39, 0.29) is 32.1 Å². The van der Waals surface area contributed by atoms with Crippen LogP contribution in [0.1, 0.15) is 19.4 Å². The second kappa shape index (κ2) is 6.62. The lowest BCUT2D eigenvalue weighted by molar-refractivity contribution is -0.115. The lowest BCUT2D eigenvalue weighted by atomic mass is 9.94. The molecule has 7 heteroatoms. The standard InChI is InChI=1S/C15H22FNO4S/c1-12(2)22(19,20)17-7-8-21-15(10-17,11-18)9-13-3-5-14(16)6-4-13/h3-6,12,18H,7-11H2,1-2H3/t15-/m0/s1. The monoisotopic (exact) mass is 331 g/mol. The quantitative estimate of drug-likeness (QED) is 0.879. The second-order valence-electron chi connectivity index (χ2n) is 5.92. The summed E-state index contributed by atoms with van der Waals surface area (Å²) < 4.78 is 44.7. The average Bonchev–Trinajstić information content (AvgIpc) is 2.50. The van der Waals surface area contributed by atoms with Crippen LogP contribution in [0.4, 0.5) is 4.39 Å². The number of halogens is 1. The number of morpholine rings is 1. The molecule has 1 aromatic rings. The molecule has 1 aliphatic heterocycles. The zero-order valence-electron chi connectivity index (χ0n) is 12.8. The zero-order chi connectivity index (χ0) is 16.4. The first kappa shape index (κ1) is 17.3. The molecular weight excluding hydrogens is 309 g/mol. The summed E-state index contributed by atoms with van der Waals surface area (Å²) in [7, 11) is -3.40. The van der Waals surface area contributed by atoms with Gasteiger partial charge in [0.15, 0.2) is 0 Å². The summed E-state index contributed by atoms with van der Waals surface area (Å²) in [4.78, 5) is 0. The largest absolute Gasteiger partial charge is 0.393 e. The van der Waals surface area contributed by atoms with Crippen molar-refractivity contribution >= 4 is 10.0 Å². The lowest BCUT2D eigenvalue weighted by Gasteiger charge is -2.41. The summed E-state index contributed by atoms with van der Waals surface area (Å²) in [5.74, 6) is -0.338. The van der Waals surface area contributed by atoms with Gasteiger partial charge >= 0.3 is 0 Å². The summed E-state index contributed by atoms with van der Waals surface area (Å²) >= 11 is 0. The maximum absolute atomic E-state index is 13.0. The van der Waals surface area contributed by atoms with Gasteiger partial charge < -0.3 is 9.84 Å². The molecule has 1 aliphatic rings. The molecule has 1 fully saturated rings. The van der Waals surface area contributed by atoms with E-state index in [2.05, 4.69) is 0 Å². The minimum atomic E-state index is -3.40. The summed E-state index contributed by atoms with van der Waals surface area (Å²) in [6.45, 7) is 3.58. The van der Waals surface area contributed by atoms with E-state index in [1.807, 2.05) is 0 Å². The highest BCUT2D eigenvalue weighted by Gasteiger charge is 2.41. The third kappa shape index (κ3) is 3.65. The highest BCUT2D eigenvalue weighted by atomic mass is 32.2. The molecule has 1 heterocycles. The molecule has 0 spiro atoms. The van der Waals surface area contributed by atoms with Gasteiger partial charge in [-0.25, -0.2) is 12.8 Å². The first-order valence-corrected chi connectivity index (χ1v) is 8.78. The lowest BCUT2D eigenvalue weighted by Crippen LogP contribution is -2.57. The van der Waals surface area contributed by atoms with Crippen LogP contribution in [0, 0.1) is 5.82 Å². The van der Waals surface area contributed by atoms with Gasteiger partial charge in [0, 0.05) is 19.5 Å². The molecule has 22 heavy (non-hydrogen) atoms. The maximum Gasteiger partial charge on any atom is 0.216 e. The van der Waals surface area contributed by atoms with Crippen molar-refractivity contribution in [1.29, 1.82) is 0 Å². The molecule has 1 saturated heterocycles. The van der Waals surface area contributed by atoms with Gasteiger partial charge in [-0.3, -0.25) is 0 Å². The van der Waals surface area contributed by atoms with Crippen molar-refractivity contribution < 1.29 is 22.7 Å². The Balaban J connectivity index is 2.20. The van der Waals surface area contributed by atoms with Crippen LogP contribution in [0.5, 0.6) is 0 Å². The van der Waals surface area contributed by atoms with Crippen LogP contribution in [0.15, 0.2) is 24.3 Å². The highest BCUT2D eigenvalue weighted by molar-refractivity contribution is 7.89. The third-order valence-electron chi connectivity index (χ3n) is 3.90. The van der Waals surface area contributed by atoms with E-state index in [9.17, 15) is 17.9 Å². The molecule has 1 atom stereocenters. The van der Waals surface area contributed by atoms with Crippen molar-refractivity contribution in [3.05, 3.63) is 35.6 Å². The SMILES string of the molecule is CC(C)S(=O)(=O)N1CCO[C@@](CO)(Cc2ccc(F)cc2)C1. The van der Waals surface area contributed by atoms with Gasteiger partial charge in [-0.15, -0.1) is 0 Å². The fourth-order valence-corrected chi connectivity index (χ4v) is 3.90. The van der Waals surface area contributed by atoms with Crippen LogP contribution < -0.4 is 0 Å². The normalized spacial score (nSPS) is 23.9. The predicted octanol–water partition coefficient (Wildman–Crippen LogP) is 1.17.